The van der Waals surface area contributed by atoms with Crippen LogP contribution < -0.4 is 0 Å². The van der Waals surface area contributed by atoms with Crippen LogP contribution in [0.4, 0.5) is 0 Å². The van der Waals surface area contributed by atoms with E-state index in [1.165, 1.54) is 17.3 Å². The summed E-state index contributed by atoms with van der Waals surface area (Å²) in [6.45, 7) is 2.83. The van der Waals surface area contributed by atoms with Crippen molar-refractivity contribution in [3.05, 3.63) is 59.6 Å². The molecule has 0 radical (unpaired) electrons. The Morgan fingerprint density at radius 2 is 2.00 bits per heavy atom. The molecule has 0 N–H and O–H groups in total. The van der Waals surface area contributed by atoms with Crippen molar-refractivity contribution in [1.29, 1.82) is 0 Å². The number of carbonyl (C=O) groups is 1. The minimum absolute atomic E-state index is 0.314. The van der Waals surface area contributed by atoms with Gasteiger partial charge in [-0.25, -0.2) is 0 Å². The summed E-state index contributed by atoms with van der Waals surface area (Å²) in [5.74, 6) is 1.23. The quantitative estimate of drug-likeness (QED) is 0.652. The van der Waals surface area contributed by atoms with Crippen molar-refractivity contribution in [2.75, 3.05) is 0 Å². The second-order valence-corrected chi connectivity index (χ2v) is 5.65. The Labute approximate surface area is 132 Å². The van der Waals surface area contributed by atoms with Gasteiger partial charge in [0.05, 0.1) is 0 Å². The van der Waals surface area contributed by atoms with Crippen molar-refractivity contribution in [1.82, 2.24) is 14.8 Å². The van der Waals surface area contributed by atoms with Gasteiger partial charge in [-0.15, -0.1) is 10.2 Å². The van der Waals surface area contributed by atoms with Gasteiger partial charge in [0.2, 0.25) is 0 Å². The van der Waals surface area contributed by atoms with Gasteiger partial charge in [0.25, 0.3) is 0 Å². The molecule has 1 aromatic carbocycles. The van der Waals surface area contributed by atoms with Crippen LogP contribution >= 0.6 is 11.8 Å². The van der Waals surface area contributed by atoms with Crippen LogP contribution in [-0.2, 0) is 13.0 Å². The lowest BCUT2D eigenvalue weighted by molar-refractivity contribution is 0.109. The second kappa shape index (κ2) is 6.62. The maximum atomic E-state index is 10.7. The molecule has 5 nitrogen and oxygen atoms in total. The third-order valence-electron chi connectivity index (χ3n) is 3.22. The molecule has 0 bridgehead atoms. The molecular weight excluding hydrogens is 298 g/mol. The highest BCUT2D eigenvalue weighted by Gasteiger charge is 2.14. The first-order valence-corrected chi connectivity index (χ1v) is 7.80. The van der Waals surface area contributed by atoms with Gasteiger partial charge in [0, 0.05) is 13.0 Å². The Morgan fingerprint density at radius 3 is 2.68 bits per heavy atom. The van der Waals surface area contributed by atoms with Gasteiger partial charge in [-0.3, -0.25) is 4.79 Å². The molecule has 6 heteroatoms. The van der Waals surface area contributed by atoms with Crippen molar-refractivity contribution < 1.29 is 9.21 Å². The normalized spacial score (nSPS) is 10.8. The predicted molar refractivity (Wildman–Crippen MR) is 83.2 cm³/mol. The molecule has 0 amide bonds. The Morgan fingerprint density at radius 1 is 1.18 bits per heavy atom. The zero-order valence-electron chi connectivity index (χ0n) is 12.1. The van der Waals surface area contributed by atoms with Crippen LogP contribution in [0.3, 0.4) is 0 Å². The first-order valence-electron chi connectivity index (χ1n) is 6.99. The molecule has 0 unspecified atom stereocenters. The molecule has 0 aliphatic rings. The lowest BCUT2D eigenvalue weighted by Crippen LogP contribution is -2.03. The molecule has 2 aromatic heterocycles. The number of aldehydes is 1. The minimum Gasteiger partial charge on any atom is -0.447 e. The Hall–Kier alpha value is -2.34. The number of rotatable bonds is 6. The Balaban J connectivity index is 1.82. The number of benzene rings is 1. The van der Waals surface area contributed by atoms with Crippen molar-refractivity contribution in [2.24, 2.45) is 0 Å². The standard InChI is InChI=1S/C16H15N3O2S/c1-2-19-14(10-12-6-4-3-5-7-12)17-18-16(19)22-15-9-8-13(11-20)21-15/h3-9,11H,2,10H2,1H3. The highest BCUT2D eigenvalue weighted by Crippen LogP contribution is 2.28. The summed E-state index contributed by atoms with van der Waals surface area (Å²) in [5, 5.41) is 9.93. The molecule has 2 heterocycles. The number of nitrogens with zero attached hydrogens (tertiary/aromatic N) is 3. The van der Waals surface area contributed by atoms with E-state index < -0.39 is 0 Å². The van der Waals surface area contributed by atoms with E-state index in [1.54, 1.807) is 12.1 Å². The largest absolute Gasteiger partial charge is 0.447 e. The zero-order chi connectivity index (χ0) is 15.4. The summed E-state index contributed by atoms with van der Waals surface area (Å²) < 4.78 is 7.43. The van der Waals surface area contributed by atoms with Crippen molar-refractivity contribution >= 4 is 18.0 Å². The number of hydrogen-bond donors (Lipinski definition) is 0. The second-order valence-electron chi connectivity index (χ2n) is 4.68. The molecule has 3 rings (SSSR count). The van der Waals surface area contributed by atoms with E-state index in [2.05, 4.69) is 33.8 Å². The third kappa shape index (κ3) is 3.12. The van der Waals surface area contributed by atoms with E-state index in [-0.39, 0.29) is 0 Å². The first kappa shape index (κ1) is 14.6. The van der Waals surface area contributed by atoms with Gasteiger partial charge in [-0.1, -0.05) is 30.3 Å². The molecule has 22 heavy (non-hydrogen) atoms. The number of aromatic nitrogens is 3. The van der Waals surface area contributed by atoms with E-state index in [0.29, 0.717) is 17.1 Å². The summed E-state index contributed by atoms with van der Waals surface area (Å²) in [6, 6.07) is 13.6. The van der Waals surface area contributed by atoms with Crippen LogP contribution in [0.25, 0.3) is 0 Å². The van der Waals surface area contributed by atoms with E-state index in [4.69, 9.17) is 4.42 Å². The molecular formula is C16H15N3O2S. The molecule has 0 fully saturated rings. The number of hydrogen-bond acceptors (Lipinski definition) is 5. The van der Waals surface area contributed by atoms with Gasteiger partial charge >= 0.3 is 0 Å². The average Bonchev–Trinajstić information content (AvgIpc) is 3.15. The van der Waals surface area contributed by atoms with E-state index in [0.717, 1.165) is 23.9 Å². The minimum atomic E-state index is 0.314. The smallest absolute Gasteiger partial charge is 0.198 e. The van der Waals surface area contributed by atoms with E-state index >= 15 is 0 Å². The molecule has 0 aliphatic heterocycles. The molecule has 0 saturated carbocycles. The SMILES string of the molecule is CCn1c(Cc2ccccc2)nnc1Sc1ccc(C=O)o1. The topological polar surface area (TPSA) is 60.9 Å². The maximum absolute atomic E-state index is 10.7. The van der Waals surface area contributed by atoms with Crippen LogP contribution in [-0.4, -0.2) is 21.1 Å². The number of carbonyl (C=O) groups excluding carboxylic acids is 1. The summed E-state index contributed by atoms with van der Waals surface area (Å²) >= 11 is 1.37. The fourth-order valence-electron chi connectivity index (χ4n) is 2.16. The zero-order valence-corrected chi connectivity index (χ0v) is 12.9. The van der Waals surface area contributed by atoms with Gasteiger partial charge in [0.1, 0.15) is 5.82 Å². The first-order chi connectivity index (χ1) is 10.8. The Kier molecular flexibility index (Phi) is 4.39. The highest BCUT2D eigenvalue weighted by atomic mass is 32.2. The lowest BCUT2D eigenvalue weighted by Gasteiger charge is -2.06. The van der Waals surface area contributed by atoms with Crippen molar-refractivity contribution in [2.45, 2.75) is 30.1 Å². The van der Waals surface area contributed by atoms with Crippen LogP contribution in [0.15, 0.2) is 57.1 Å². The molecule has 0 atom stereocenters. The van der Waals surface area contributed by atoms with E-state index in [1.807, 2.05) is 18.2 Å². The molecule has 0 aliphatic carbocycles. The summed E-state index contributed by atoms with van der Waals surface area (Å²) in [6.07, 6.45) is 1.43. The van der Waals surface area contributed by atoms with Crippen LogP contribution in [0, 0.1) is 0 Å². The molecule has 112 valence electrons. The molecule has 3 aromatic rings. The van der Waals surface area contributed by atoms with Gasteiger partial charge in [-0.2, -0.15) is 0 Å². The predicted octanol–water partition coefficient (Wildman–Crippen LogP) is 3.45. The van der Waals surface area contributed by atoms with Gasteiger partial charge in [-0.05, 0) is 36.4 Å². The van der Waals surface area contributed by atoms with E-state index in [9.17, 15) is 4.79 Å². The lowest BCUT2D eigenvalue weighted by atomic mass is 10.1. The third-order valence-corrected chi connectivity index (χ3v) is 4.13. The monoisotopic (exact) mass is 313 g/mol. The van der Waals surface area contributed by atoms with Crippen molar-refractivity contribution in [3.8, 4) is 0 Å². The maximum Gasteiger partial charge on any atom is 0.198 e. The number of furan rings is 1. The molecule has 0 saturated heterocycles. The van der Waals surface area contributed by atoms with Crippen LogP contribution in [0.5, 0.6) is 0 Å². The summed E-state index contributed by atoms with van der Waals surface area (Å²) in [4.78, 5) is 10.7. The van der Waals surface area contributed by atoms with Gasteiger partial charge in [0.15, 0.2) is 22.3 Å². The highest BCUT2D eigenvalue weighted by molar-refractivity contribution is 7.99. The molecule has 0 spiro atoms. The fraction of sp³-hybridized carbons (Fsp3) is 0.188. The van der Waals surface area contributed by atoms with Crippen LogP contribution in [0.2, 0.25) is 0 Å². The Bertz CT molecular complexity index is 765. The summed E-state index contributed by atoms with van der Waals surface area (Å²) in [5.41, 5.74) is 1.20. The van der Waals surface area contributed by atoms with Crippen LogP contribution in [0.1, 0.15) is 28.9 Å². The summed E-state index contributed by atoms with van der Waals surface area (Å²) in [7, 11) is 0. The average molecular weight is 313 g/mol. The van der Waals surface area contributed by atoms with Crippen molar-refractivity contribution in [3.63, 3.8) is 0 Å². The van der Waals surface area contributed by atoms with Gasteiger partial charge < -0.3 is 8.98 Å². The fourth-order valence-corrected chi connectivity index (χ4v) is 3.04.